The van der Waals surface area contributed by atoms with Crippen LogP contribution in [-0.4, -0.2) is 28.3 Å². The summed E-state index contributed by atoms with van der Waals surface area (Å²) < 4.78 is 25.5. The summed E-state index contributed by atoms with van der Waals surface area (Å²) in [4.78, 5) is 24.6. The molecule has 0 atom stereocenters. The minimum Gasteiger partial charge on any atom is -0.319 e. The van der Waals surface area contributed by atoms with Gasteiger partial charge >= 0.3 is 5.69 Å². The van der Waals surface area contributed by atoms with Crippen LogP contribution in [0, 0.1) is 17.0 Å². The van der Waals surface area contributed by atoms with Crippen molar-refractivity contribution < 1.29 is 13.3 Å². The highest BCUT2D eigenvalue weighted by molar-refractivity contribution is 9.10. The van der Waals surface area contributed by atoms with Gasteiger partial charge in [-0.05, 0) is 47.1 Å². The molecular weight excluding hydrogens is 466 g/mol. The molecule has 0 bridgehead atoms. The Morgan fingerprint density at radius 1 is 1.03 bits per heavy atom. The van der Waals surface area contributed by atoms with E-state index in [2.05, 4.69) is 46.5 Å². The summed E-state index contributed by atoms with van der Waals surface area (Å²) in [5.74, 6) is -0.182. The molecule has 0 unspecified atom stereocenters. The van der Waals surface area contributed by atoms with E-state index in [4.69, 9.17) is 0 Å². The summed E-state index contributed by atoms with van der Waals surface area (Å²) in [5.41, 5.74) is 2.62. The van der Waals surface area contributed by atoms with Crippen LogP contribution in [0.1, 0.15) is 5.56 Å². The molecule has 3 N–H and O–H groups in total. The fraction of sp³-hybridized carbons (Fsp3) is 0.0625. The topological polar surface area (TPSA) is 152 Å². The number of pyridine rings is 1. The van der Waals surface area contributed by atoms with Gasteiger partial charge in [-0.25, -0.2) is 23.4 Å². The molecule has 0 saturated carbocycles. The Morgan fingerprint density at radius 2 is 1.72 bits per heavy atom. The largest absolute Gasteiger partial charge is 0.354 e. The molecule has 2 heterocycles. The van der Waals surface area contributed by atoms with Crippen LogP contribution in [0.2, 0.25) is 0 Å². The van der Waals surface area contributed by atoms with Gasteiger partial charge in [-0.1, -0.05) is 17.7 Å². The Hall–Kier alpha value is -3.16. The number of hydrogen-bond donors (Lipinski definition) is 3. The van der Waals surface area contributed by atoms with Gasteiger partial charge in [0.15, 0.2) is 0 Å². The first-order valence-corrected chi connectivity index (χ1v) is 10.3. The minimum absolute atomic E-state index is 0.00952. The van der Waals surface area contributed by atoms with Gasteiger partial charge in [-0.2, -0.15) is 0 Å². The van der Waals surface area contributed by atoms with Crippen molar-refractivity contribution in [1.82, 2.24) is 19.8 Å². The number of nitrogens with one attached hydrogen (secondary N) is 3. The van der Waals surface area contributed by atoms with Crippen LogP contribution in [0.5, 0.6) is 0 Å². The lowest BCUT2D eigenvalue weighted by Crippen LogP contribution is -2.30. The van der Waals surface area contributed by atoms with Crippen molar-refractivity contribution in [2.75, 3.05) is 10.7 Å². The molecular formula is C16H14BrN7O4S. The average molecular weight is 480 g/mol. The van der Waals surface area contributed by atoms with E-state index in [1.807, 2.05) is 6.92 Å². The minimum atomic E-state index is -3.98. The number of hydrogen-bond acceptors (Lipinski definition) is 9. The number of rotatable bonds is 7. The fourth-order valence-corrected chi connectivity index (χ4v) is 3.28. The number of nitro groups is 1. The molecule has 0 radical (unpaired) electrons. The third kappa shape index (κ3) is 5.01. The number of hydrazine groups is 1. The summed E-state index contributed by atoms with van der Waals surface area (Å²) in [6.45, 7) is 1.82. The third-order valence-electron chi connectivity index (χ3n) is 3.61. The Labute approximate surface area is 173 Å². The van der Waals surface area contributed by atoms with Gasteiger partial charge in [0.2, 0.25) is 11.6 Å². The number of halogens is 1. The Balaban J connectivity index is 1.86. The second-order valence-corrected chi connectivity index (χ2v) is 8.30. The second-order valence-electron chi connectivity index (χ2n) is 5.71. The predicted octanol–water partition coefficient (Wildman–Crippen LogP) is 2.90. The maximum Gasteiger partial charge on any atom is 0.354 e. The van der Waals surface area contributed by atoms with Crippen molar-refractivity contribution in [3.05, 3.63) is 69.1 Å². The number of benzene rings is 1. The van der Waals surface area contributed by atoms with Gasteiger partial charge in [0.25, 0.3) is 10.0 Å². The van der Waals surface area contributed by atoms with E-state index in [9.17, 15) is 18.5 Å². The Bertz CT molecular complexity index is 1140. The van der Waals surface area contributed by atoms with Crippen molar-refractivity contribution in [2.24, 2.45) is 0 Å². The van der Waals surface area contributed by atoms with E-state index in [-0.39, 0.29) is 16.5 Å². The van der Waals surface area contributed by atoms with E-state index in [1.165, 1.54) is 18.3 Å². The zero-order chi connectivity index (χ0) is 21.0. The molecule has 2 aromatic heterocycles. The molecule has 0 aliphatic rings. The quantitative estimate of drug-likeness (QED) is 0.342. The zero-order valence-electron chi connectivity index (χ0n) is 14.8. The first-order chi connectivity index (χ1) is 13.8. The van der Waals surface area contributed by atoms with Gasteiger partial charge in [0.1, 0.15) is 12.1 Å². The molecule has 13 heteroatoms. The smallest absolute Gasteiger partial charge is 0.319 e. The average Bonchev–Trinajstić information content (AvgIpc) is 2.68. The van der Waals surface area contributed by atoms with Crippen molar-refractivity contribution in [1.29, 1.82) is 0 Å². The van der Waals surface area contributed by atoms with E-state index >= 15 is 0 Å². The summed E-state index contributed by atoms with van der Waals surface area (Å²) >= 11 is 3.24. The normalized spacial score (nSPS) is 11.1. The molecule has 11 nitrogen and oxygen atoms in total. The van der Waals surface area contributed by atoms with Crippen LogP contribution >= 0.6 is 15.9 Å². The molecule has 0 amide bonds. The van der Waals surface area contributed by atoms with Gasteiger partial charge in [-0.15, -0.1) is 4.83 Å². The van der Waals surface area contributed by atoms with E-state index in [1.54, 1.807) is 24.3 Å². The number of aryl methyl sites for hydroxylation is 1. The maximum atomic E-state index is 12.4. The van der Waals surface area contributed by atoms with Crippen molar-refractivity contribution in [3.63, 3.8) is 0 Å². The number of anilines is 3. The lowest BCUT2D eigenvalue weighted by atomic mass is 10.2. The van der Waals surface area contributed by atoms with Crippen LogP contribution in [0.4, 0.5) is 23.1 Å². The second kappa shape index (κ2) is 8.46. The van der Waals surface area contributed by atoms with E-state index < -0.39 is 20.6 Å². The first kappa shape index (κ1) is 20.6. The highest BCUT2D eigenvalue weighted by Gasteiger charge is 2.25. The van der Waals surface area contributed by atoms with Gasteiger partial charge < -0.3 is 5.32 Å². The summed E-state index contributed by atoms with van der Waals surface area (Å²) in [5, 5.41) is 14.3. The Morgan fingerprint density at radius 3 is 2.34 bits per heavy atom. The molecule has 0 aliphatic heterocycles. The van der Waals surface area contributed by atoms with Gasteiger partial charge in [-0.3, -0.25) is 15.5 Å². The lowest BCUT2D eigenvalue weighted by molar-refractivity contribution is -0.383. The summed E-state index contributed by atoms with van der Waals surface area (Å²) in [6, 6.07) is 9.38. The van der Waals surface area contributed by atoms with Gasteiger partial charge in [0.05, 0.1) is 9.82 Å². The molecule has 150 valence electrons. The summed E-state index contributed by atoms with van der Waals surface area (Å²) in [7, 11) is -3.98. The monoisotopic (exact) mass is 479 g/mol. The molecule has 1 aromatic carbocycles. The standard InChI is InChI=1S/C16H14BrN7O4S/c1-10-2-5-12(6-3-10)29(27,28)23-22-16-14(24(25)26)15(19-9-20-16)21-13-7-4-11(17)8-18-13/h2-9,23H,1H3,(H2,18,19,20,21,22). The number of nitrogens with zero attached hydrogens (tertiary/aromatic N) is 4. The summed E-state index contributed by atoms with van der Waals surface area (Å²) in [6.07, 6.45) is 2.56. The zero-order valence-corrected chi connectivity index (χ0v) is 17.2. The molecule has 0 spiro atoms. The molecule has 3 aromatic rings. The molecule has 0 aliphatic carbocycles. The van der Waals surface area contributed by atoms with Crippen LogP contribution in [0.15, 0.2) is 58.3 Å². The molecule has 0 saturated heterocycles. The highest BCUT2D eigenvalue weighted by Crippen LogP contribution is 2.30. The van der Waals surface area contributed by atoms with E-state index in [0.717, 1.165) is 16.4 Å². The van der Waals surface area contributed by atoms with Crippen LogP contribution < -0.4 is 15.6 Å². The van der Waals surface area contributed by atoms with Crippen LogP contribution in [-0.2, 0) is 10.0 Å². The number of aromatic nitrogens is 3. The number of sulfonamides is 1. The van der Waals surface area contributed by atoms with Crippen molar-refractivity contribution in [2.45, 2.75) is 11.8 Å². The van der Waals surface area contributed by atoms with E-state index in [0.29, 0.717) is 5.82 Å². The lowest BCUT2D eigenvalue weighted by Gasteiger charge is -2.11. The molecule has 3 rings (SSSR count). The third-order valence-corrected chi connectivity index (χ3v) is 5.35. The Kier molecular flexibility index (Phi) is 6.00. The SMILES string of the molecule is Cc1ccc(S(=O)(=O)NNc2ncnc(Nc3ccc(Br)cn3)c2[N+](=O)[O-])cc1. The van der Waals surface area contributed by atoms with Crippen LogP contribution in [0.3, 0.4) is 0 Å². The molecule has 29 heavy (non-hydrogen) atoms. The van der Waals surface area contributed by atoms with Crippen molar-refractivity contribution in [3.8, 4) is 0 Å². The predicted molar refractivity (Wildman–Crippen MR) is 109 cm³/mol. The molecule has 0 fully saturated rings. The van der Waals surface area contributed by atoms with Crippen LogP contribution in [0.25, 0.3) is 0 Å². The maximum absolute atomic E-state index is 12.4. The van der Waals surface area contributed by atoms with Crippen molar-refractivity contribution >= 4 is 49.1 Å². The first-order valence-electron chi connectivity index (χ1n) is 7.99. The van der Waals surface area contributed by atoms with Gasteiger partial charge in [0, 0.05) is 10.7 Å². The highest BCUT2D eigenvalue weighted by atomic mass is 79.9. The fourth-order valence-electron chi connectivity index (χ4n) is 2.20.